The van der Waals surface area contributed by atoms with Crippen LogP contribution in [0.5, 0.6) is 0 Å². The summed E-state index contributed by atoms with van der Waals surface area (Å²) >= 11 is 11.7. The van der Waals surface area contributed by atoms with Gasteiger partial charge in [0.1, 0.15) is 5.82 Å². The summed E-state index contributed by atoms with van der Waals surface area (Å²) in [6.45, 7) is 0. The van der Waals surface area contributed by atoms with Gasteiger partial charge in [0.25, 0.3) is 0 Å². The summed E-state index contributed by atoms with van der Waals surface area (Å²) in [5, 5.41) is 3.51. The fraction of sp³-hybridized carbons (Fsp3) is 0.0714. The maximum atomic E-state index is 13.0. The lowest BCUT2D eigenvalue weighted by molar-refractivity contribution is -0.115. The van der Waals surface area contributed by atoms with Gasteiger partial charge < -0.3 is 5.32 Å². The molecule has 2 aromatic rings. The van der Waals surface area contributed by atoms with Crippen molar-refractivity contribution in [3.05, 3.63) is 63.9 Å². The molecule has 2 nitrogen and oxygen atoms in total. The molecule has 0 radical (unpaired) electrons. The molecule has 98 valence electrons. The molecule has 2 aromatic carbocycles. The molecule has 1 N–H and O–H groups in total. The van der Waals surface area contributed by atoms with E-state index in [1.54, 1.807) is 30.3 Å². The Bertz CT molecular complexity index is 616. The zero-order valence-electron chi connectivity index (χ0n) is 9.79. The van der Waals surface area contributed by atoms with Gasteiger partial charge in [-0.15, -0.1) is 0 Å². The first-order valence-corrected chi connectivity index (χ1v) is 6.29. The van der Waals surface area contributed by atoms with E-state index < -0.39 is 0 Å². The van der Waals surface area contributed by atoms with Crippen LogP contribution in [-0.2, 0) is 11.2 Å². The first kappa shape index (κ1) is 13.8. The summed E-state index contributed by atoms with van der Waals surface area (Å²) in [5.74, 6) is -0.635. The molecule has 0 aromatic heterocycles. The standard InChI is InChI=1S/C14H10Cl2FNO/c15-10-4-5-13(12(16)8-10)18-14(19)7-9-2-1-3-11(17)6-9/h1-6,8H,7H2,(H,18,19). The quantitative estimate of drug-likeness (QED) is 0.898. The second-order valence-electron chi connectivity index (χ2n) is 3.98. The Hall–Kier alpha value is -1.58. The van der Waals surface area contributed by atoms with E-state index in [0.717, 1.165) is 0 Å². The number of amides is 1. The van der Waals surface area contributed by atoms with Crippen LogP contribution in [0.2, 0.25) is 10.0 Å². The van der Waals surface area contributed by atoms with Gasteiger partial charge in [0.15, 0.2) is 0 Å². The van der Waals surface area contributed by atoms with Gasteiger partial charge in [0.2, 0.25) is 5.91 Å². The Morgan fingerprint density at radius 1 is 1.16 bits per heavy atom. The highest BCUT2D eigenvalue weighted by atomic mass is 35.5. The minimum Gasteiger partial charge on any atom is -0.324 e. The average Bonchev–Trinajstić information content (AvgIpc) is 2.33. The van der Waals surface area contributed by atoms with Crippen molar-refractivity contribution in [3.63, 3.8) is 0 Å². The van der Waals surface area contributed by atoms with Crippen molar-refractivity contribution in [3.8, 4) is 0 Å². The highest BCUT2D eigenvalue weighted by Gasteiger charge is 2.07. The normalized spacial score (nSPS) is 10.3. The molecule has 0 aliphatic carbocycles. The van der Waals surface area contributed by atoms with Crippen molar-refractivity contribution < 1.29 is 9.18 Å². The van der Waals surface area contributed by atoms with Gasteiger partial charge in [0, 0.05) is 5.02 Å². The molecule has 1 amide bonds. The van der Waals surface area contributed by atoms with Crippen LogP contribution in [-0.4, -0.2) is 5.91 Å². The lowest BCUT2D eigenvalue weighted by atomic mass is 10.1. The van der Waals surface area contributed by atoms with Gasteiger partial charge in [0.05, 0.1) is 17.1 Å². The monoisotopic (exact) mass is 297 g/mol. The minimum atomic E-state index is -0.366. The number of hydrogen-bond donors (Lipinski definition) is 1. The Balaban J connectivity index is 2.05. The fourth-order valence-corrected chi connectivity index (χ4v) is 2.07. The largest absolute Gasteiger partial charge is 0.324 e. The van der Waals surface area contributed by atoms with Crippen LogP contribution in [0.3, 0.4) is 0 Å². The van der Waals surface area contributed by atoms with Crippen LogP contribution in [0.15, 0.2) is 42.5 Å². The van der Waals surface area contributed by atoms with Gasteiger partial charge in [-0.2, -0.15) is 0 Å². The summed E-state index contributed by atoms with van der Waals surface area (Å²) in [7, 11) is 0. The number of halogens is 3. The Labute approximate surface area is 120 Å². The molecule has 2 rings (SSSR count). The van der Waals surface area contributed by atoms with E-state index in [-0.39, 0.29) is 18.1 Å². The van der Waals surface area contributed by atoms with Crippen molar-refractivity contribution in [1.29, 1.82) is 0 Å². The maximum Gasteiger partial charge on any atom is 0.228 e. The molecular formula is C14H10Cl2FNO. The highest BCUT2D eigenvalue weighted by molar-refractivity contribution is 6.36. The smallest absolute Gasteiger partial charge is 0.228 e. The third-order valence-corrected chi connectivity index (χ3v) is 3.01. The molecule has 0 aliphatic rings. The number of hydrogen-bond acceptors (Lipinski definition) is 1. The van der Waals surface area contributed by atoms with Crippen LogP contribution >= 0.6 is 23.2 Å². The van der Waals surface area contributed by atoms with Crippen LogP contribution in [0.4, 0.5) is 10.1 Å². The SMILES string of the molecule is O=C(Cc1cccc(F)c1)Nc1ccc(Cl)cc1Cl. The van der Waals surface area contributed by atoms with Crippen LogP contribution in [0, 0.1) is 5.82 Å². The number of rotatable bonds is 3. The number of benzene rings is 2. The highest BCUT2D eigenvalue weighted by Crippen LogP contribution is 2.25. The molecule has 0 fully saturated rings. The van der Waals surface area contributed by atoms with E-state index in [2.05, 4.69) is 5.32 Å². The van der Waals surface area contributed by atoms with E-state index in [4.69, 9.17) is 23.2 Å². The predicted octanol–water partition coefficient (Wildman–Crippen LogP) is 4.31. The Morgan fingerprint density at radius 2 is 1.95 bits per heavy atom. The topological polar surface area (TPSA) is 29.1 Å². The summed E-state index contributed by atoms with van der Waals surface area (Å²) in [4.78, 5) is 11.8. The lowest BCUT2D eigenvalue weighted by Gasteiger charge is -2.07. The molecule has 0 aliphatic heterocycles. The molecular weight excluding hydrogens is 288 g/mol. The van der Waals surface area contributed by atoms with Crippen molar-refractivity contribution in [2.24, 2.45) is 0 Å². The molecule has 0 saturated heterocycles. The second kappa shape index (κ2) is 6.04. The number of nitrogens with one attached hydrogen (secondary N) is 1. The summed E-state index contributed by atoms with van der Waals surface area (Å²) < 4.78 is 13.0. The first-order chi connectivity index (χ1) is 9.04. The molecule has 19 heavy (non-hydrogen) atoms. The van der Waals surface area contributed by atoms with Gasteiger partial charge in [-0.3, -0.25) is 4.79 Å². The molecule has 0 unspecified atom stereocenters. The third-order valence-electron chi connectivity index (χ3n) is 2.46. The fourth-order valence-electron chi connectivity index (χ4n) is 1.62. The van der Waals surface area contributed by atoms with Gasteiger partial charge in [-0.1, -0.05) is 35.3 Å². The van der Waals surface area contributed by atoms with Gasteiger partial charge in [-0.25, -0.2) is 4.39 Å². The molecule has 0 bridgehead atoms. The van der Waals surface area contributed by atoms with E-state index in [0.29, 0.717) is 21.3 Å². The van der Waals surface area contributed by atoms with Crippen LogP contribution in [0.1, 0.15) is 5.56 Å². The lowest BCUT2D eigenvalue weighted by Crippen LogP contribution is -2.14. The maximum absolute atomic E-state index is 13.0. The number of anilines is 1. The van der Waals surface area contributed by atoms with E-state index in [1.807, 2.05) is 0 Å². The molecule has 0 saturated carbocycles. The third kappa shape index (κ3) is 3.94. The van der Waals surface area contributed by atoms with Crippen molar-refractivity contribution in [2.45, 2.75) is 6.42 Å². The number of carbonyl (C=O) groups excluding carboxylic acids is 1. The van der Waals surface area contributed by atoms with E-state index in [1.165, 1.54) is 12.1 Å². The minimum absolute atomic E-state index is 0.0801. The van der Waals surface area contributed by atoms with Gasteiger partial charge >= 0.3 is 0 Å². The Kier molecular flexibility index (Phi) is 4.40. The zero-order chi connectivity index (χ0) is 13.8. The van der Waals surface area contributed by atoms with Crippen molar-refractivity contribution in [2.75, 3.05) is 5.32 Å². The zero-order valence-corrected chi connectivity index (χ0v) is 11.3. The van der Waals surface area contributed by atoms with E-state index in [9.17, 15) is 9.18 Å². The molecule has 0 heterocycles. The van der Waals surface area contributed by atoms with Gasteiger partial charge in [-0.05, 0) is 35.9 Å². The van der Waals surface area contributed by atoms with Crippen LogP contribution < -0.4 is 5.32 Å². The summed E-state index contributed by atoms with van der Waals surface area (Å²) in [5.41, 5.74) is 1.08. The summed E-state index contributed by atoms with van der Waals surface area (Å²) in [6, 6.07) is 10.7. The summed E-state index contributed by atoms with van der Waals surface area (Å²) in [6.07, 6.45) is 0.0801. The van der Waals surface area contributed by atoms with Crippen molar-refractivity contribution in [1.82, 2.24) is 0 Å². The Morgan fingerprint density at radius 3 is 2.63 bits per heavy atom. The molecule has 0 atom stereocenters. The molecule has 0 spiro atoms. The van der Waals surface area contributed by atoms with Crippen LogP contribution in [0.25, 0.3) is 0 Å². The van der Waals surface area contributed by atoms with Crippen molar-refractivity contribution >= 4 is 34.8 Å². The predicted molar refractivity (Wildman–Crippen MR) is 75.2 cm³/mol. The second-order valence-corrected chi connectivity index (χ2v) is 4.82. The number of carbonyl (C=O) groups is 1. The van der Waals surface area contributed by atoms with E-state index >= 15 is 0 Å². The molecule has 5 heteroatoms. The average molecular weight is 298 g/mol. The first-order valence-electron chi connectivity index (χ1n) is 5.54.